The first-order valence-electron chi connectivity index (χ1n) is 21.7. The third-order valence-electron chi connectivity index (χ3n) is 12.2. The minimum atomic E-state index is -0.0455. The number of benzene rings is 6. The third kappa shape index (κ3) is 8.23. The van der Waals surface area contributed by atoms with E-state index in [2.05, 4.69) is 211 Å². The molecule has 9 rings (SSSR count). The number of ether oxygens (including phenoxy) is 1. The number of pyridine rings is 1. The Balaban J connectivity index is 0.00000560. The number of hydrogen-bond acceptors (Lipinski definition) is 4. The second-order valence-electron chi connectivity index (χ2n) is 20.0. The summed E-state index contributed by atoms with van der Waals surface area (Å²) in [5, 5.41) is 2.19. The van der Waals surface area contributed by atoms with E-state index in [4.69, 9.17) is 16.3 Å². The van der Waals surface area contributed by atoms with E-state index in [1.54, 1.807) is 0 Å². The molecule has 2 aromatic heterocycles. The maximum atomic E-state index is 7.75. The third-order valence-corrected chi connectivity index (χ3v) is 12.2. The normalized spacial score (nSPS) is 13.0. The Kier molecular flexibility index (Phi) is 11.4. The molecule has 0 spiro atoms. The van der Waals surface area contributed by atoms with Gasteiger partial charge in [0.25, 0.3) is 0 Å². The van der Waals surface area contributed by atoms with Crippen LogP contribution >= 0.6 is 0 Å². The molecule has 0 saturated carbocycles. The molecule has 0 atom stereocenters. The van der Waals surface area contributed by atoms with Crippen LogP contribution in [0.2, 0.25) is 0 Å². The van der Waals surface area contributed by atoms with Crippen molar-refractivity contribution in [1.82, 2.24) is 9.55 Å². The van der Waals surface area contributed by atoms with Gasteiger partial charge in [0.1, 0.15) is 5.82 Å². The number of rotatable bonds is 6. The van der Waals surface area contributed by atoms with Crippen molar-refractivity contribution in [3.63, 3.8) is 0 Å². The Bertz CT molecular complexity index is 3080. The Morgan fingerprint density at radius 2 is 1.25 bits per heavy atom. The van der Waals surface area contributed by atoms with Gasteiger partial charge in [-0.15, -0.1) is 53.6 Å². The van der Waals surface area contributed by atoms with Crippen molar-refractivity contribution < 1.29 is 25.8 Å². The molecule has 7 heteroatoms. The molecule has 0 amide bonds. The summed E-state index contributed by atoms with van der Waals surface area (Å²) in [6.07, 6.45) is 1.90. The van der Waals surface area contributed by atoms with E-state index in [-0.39, 0.29) is 37.3 Å². The molecule has 6 nitrogen and oxygen atoms in total. The molecule has 64 heavy (non-hydrogen) atoms. The van der Waals surface area contributed by atoms with Crippen molar-refractivity contribution in [2.24, 2.45) is 0 Å². The average molecular weight is 1020 g/mol. The Morgan fingerprint density at radius 1 is 0.625 bits per heavy atom. The molecule has 0 bridgehead atoms. The van der Waals surface area contributed by atoms with Gasteiger partial charge in [0.2, 0.25) is 0 Å². The van der Waals surface area contributed by atoms with E-state index in [0.29, 0.717) is 17.2 Å². The zero-order valence-electron chi connectivity index (χ0n) is 38.6. The fourth-order valence-electron chi connectivity index (χ4n) is 8.74. The molecule has 1 aliphatic heterocycles. The molecule has 0 fully saturated rings. The number of aromatic nitrogens is 2. The van der Waals surface area contributed by atoms with Gasteiger partial charge in [-0.1, -0.05) is 127 Å². The van der Waals surface area contributed by atoms with Crippen LogP contribution in [0.5, 0.6) is 11.5 Å². The monoisotopic (exact) mass is 1020 g/mol. The van der Waals surface area contributed by atoms with Crippen LogP contribution in [0.4, 0.5) is 28.4 Å². The van der Waals surface area contributed by atoms with Gasteiger partial charge in [0.15, 0.2) is 5.69 Å². The molecule has 0 N–H and O–H groups in total. The number of para-hydroxylation sites is 3. The van der Waals surface area contributed by atoms with Crippen LogP contribution in [0, 0.1) is 39.2 Å². The second-order valence-corrected chi connectivity index (χ2v) is 20.0. The van der Waals surface area contributed by atoms with E-state index in [0.717, 1.165) is 72.6 Å². The minimum absolute atomic E-state index is 0. The van der Waals surface area contributed by atoms with Crippen molar-refractivity contribution >= 4 is 50.2 Å². The number of aryl methyl sites for hydroxylation is 2. The molecular weight excluding hydrogens is 966 g/mol. The van der Waals surface area contributed by atoms with Gasteiger partial charge in [-0.2, -0.15) is 6.07 Å². The molecule has 3 heterocycles. The predicted octanol–water partition coefficient (Wildman–Crippen LogP) is 15.7. The zero-order chi connectivity index (χ0) is 44.6. The minimum Gasteiger partial charge on any atom is -0.509 e. The van der Waals surface area contributed by atoms with Crippen LogP contribution in [0.1, 0.15) is 90.1 Å². The van der Waals surface area contributed by atoms with Crippen molar-refractivity contribution in [2.45, 2.75) is 92.4 Å². The SMILES string of the molecule is [C-]#[N+]c1cc(C)c(-c2cc(Oc3[c-]c4c(cc3)c3ccccc3n4-c3cc(C(C)(C)C)ccn3)[c-]c(N3[CH-]N(c4cc(C(C)(C)C)cc(C(C)(C)C)c4)c4ccccc43)c2)c(C)c1.[Pt]. The first kappa shape index (κ1) is 44.5. The van der Waals surface area contributed by atoms with Gasteiger partial charge in [-0.05, 0) is 100 Å². The molecule has 8 aromatic rings. The fourth-order valence-corrected chi connectivity index (χ4v) is 8.74. The van der Waals surface area contributed by atoms with E-state index in [9.17, 15) is 0 Å². The molecule has 326 valence electrons. The van der Waals surface area contributed by atoms with Gasteiger partial charge in [0.05, 0.1) is 6.57 Å². The largest absolute Gasteiger partial charge is 0.509 e. The predicted molar refractivity (Wildman–Crippen MR) is 261 cm³/mol. The first-order valence-corrected chi connectivity index (χ1v) is 21.7. The zero-order valence-corrected chi connectivity index (χ0v) is 40.9. The summed E-state index contributed by atoms with van der Waals surface area (Å²) in [6, 6.07) is 47.9. The van der Waals surface area contributed by atoms with Crippen molar-refractivity contribution in [3.05, 3.63) is 179 Å². The summed E-state index contributed by atoms with van der Waals surface area (Å²) in [7, 11) is 0. The fraction of sp³-hybridized carbons (Fsp3) is 0.246. The second kappa shape index (κ2) is 16.4. The Labute approximate surface area is 393 Å². The smallest absolute Gasteiger partial charge is 0.187 e. The number of nitrogens with zero attached hydrogens (tertiary/aromatic N) is 5. The van der Waals surface area contributed by atoms with E-state index in [1.165, 1.54) is 16.7 Å². The molecule has 0 radical (unpaired) electrons. The molecule has 0 saturated heterocycles. The first-order chi connectivity index (χ1) is 29.9. The summed E-state index contributed by atoms with van der Waals surface area (Å²) in [5.41, 5.74) is 14.3. The van der Waals surface area contributed by atoms with E-state index >= 15 is 0 Å². The Morgan fingerprint density at radius 3 is 1.89 bits per heavy atom. The summed E-state index contributed by atoms with van der Waals surface area (Å²) < 4.78 is 9.09. The topological polar surface area (TPSA) is 37.9 Å². The summed E-state index contributed by atoms with van der Waals surface area (Å²) in [5.74, 6) is 1.95. The van der Waals surface area contributed by atoms with Crippen molar-refractivity contribution in [1.29, 1.82) is 0 Å². The van der Waals surface area contributed by atoms with E-state index < -0.39 is 0 Å². The van der Waals surface area contributed by atoms with Crippen LogP contribution < -0.4 is 14.5 Å². The van der Waals surface area contributed by atoms with Crippen molar-refractivity contribution in [3.8, 4) is 28.4 Å². The summed E-state index contributed by atoms with van der Waals surface area (Å²) >= 11 is 0. The number of fused-ring (bicyclic) bond motifs is 4. The quantitative estimate of drug-likeness (QED) is 0.156. The Hall–Kier alpha value is -6.15. The van der Waals surface area contributed by atoms with Crippen LogP contribution in [0.25, 0.3) is 43.6 Å². The standard InChI is InChI=1S/C57H54N5O.Pt/c1-36-25-42(58-12)26-37(2)54(36)38-27-43(60-35-61(51-20-16-15-19-50(51)60)44-30-40(56(6,7)8)29-41(31-44)57(9,10)11)33-46(28-38)63-45-21-22-48-47-17-13-14-18-49(47)62(52(48)34-45)53-32-39(23-24-59-53)55(3,4)5;/h13-32,35H,1-11H3;/q-3;. The van der Waals surface area contributed by atoms with Crippen LogP contribution in [0.15, 0.2) is 121 Å². The average Bonchev–Trinajstić information content (AvgIpc) is 3.78. The van der Waals surface area contributed by atoms with Crippen LogP contribution in [-0.4, -0.2) is 9.55 Å². The van der Waals surface area contributed by atoms with Crippen LogP contribution in [-0.2, 0) is 37.3 Å². The molecule has 1 aliphatic rings. The van der Waals surface area contributed by atoms with Crippen LogP contribution in [0.3, 0.4) is 0 Å². The van der Waals surface area contributed by atoms with Gasteiger partial charge < -0.3 is 19.1 Å². The van der Waals surface area contributed by atoms with Gasteiger partial charge in [0, 0.05) is 61.3 Å². The van der Waals surface area contributed by atoms with Gasteiger partial charge >= 0.3 is 0 Å². The summed E-state index contributed by atoms with van der Waals surface area (Å²) in [4.78, 5) is 13.2. The number of anilines is 4. The molecular formula is C57H54N5OPt-3. The molecule has 0 unspecified atom stereocenters. The number of hydrogen-bond donors (Lipinski definition) is 0. The molecule has 6 aromatic carbocycles. The molecule has 0 aliphatic carbocycles. The van der Waals surface area contributed by atoms with E-state index in [1.807, 2.05) is 24.4 Å². The maximum Gasteiger partial charge on any atom is 0.187 e. The van der Waals surface area contributed by atoms with Crippen molar-refractivity contribution in [2.75, 3.05) is 9.80 Å². The van der Waals surface area contributed by atoms with Gasteiger partial charge in [-0.3, -0.25) is 0 Å². The maximum absolute atomic E-state index is 7.75. The van der Waals surface area contributed by atoms with Gasteiger partial charge in [-0.25, -0.2) is 9.83 Å². The summed E-state index contributed by atoms with van der Waals surface area (Å²) in [6.45, 7) is 34.4.